The molecule has 33 heavy (non-hydrogen) atoms. The Morgan fingerprint density at radius 1 is 1.03 bits per heavy atom. The standard InChI is InChI=1S/C27H29NO5/c1-18-7-12-23(13-8-18)33-27-24(22-11-10-20-5-3-4-6-21(20)17-22)15-19(9-14-26(29)32-2)16-25(27)28(30)31/h3-6,10-11,15-18,23H,7-9,12-14H2,1-2H3. The van der Waals surface area contributed by atoms with Gasteiger partial charge in [-0.15, -0.1) is 0 Å². The van der Waals surface area contributed by atoms with Crippen molar-refractivity contribution in [1.82, 2.24) is 0 Å². The molecule has 6 nitrogen and oxygen atoms in total. The van der Waals surface area contributed by atoms with Crippen molar-refractivity contribution in [2.24, 2.45) is 5.92 Å². The fourth-order valence-electron chi connectivity index (χ4n) is 4.51. The number of carbonyl (C=O) groups excluding carboxylic acids is 1. The highest BCUT2D eigenvalue weighted by molar-refractivity contribution is 5.89. The molecule has 3 aromatic carbocycles. The van der Waals surface area contributed by atoms with E-state index in [1.54, 1.807) is 0 Å². The van der Waals surface area contributed by atoms with Crippen LogP contribution in [0, 0.1) is 16.0 Å². The number of nitro benzene ring substituents is 1. The summed E-state index contributed by atoms with van der Waals surface area (Å²) in [4.78, 5) is 23.4. The minimum Gasteiger partial charge on any atom is -0.483 e. The van der Waals surface area contributed by atoms with E-state index in [4.69, 9.17) is 9.47 Å². The lowest BCUT2D eigenvalue weighted by molar-refractivity contribution is -0.386. The first-order valence-corrected chi connectivity index (χ1v) is 11.5. The van der Waals surface area contributed by atoms with E-state index in [-0.39, 0.29) is 29.1 Å². The number of esters is 1. The lowest BCUT2D eigenvalue weighted by Gasteiger charge is -2.27. The number of hydrogen-bond acceptors (Lipinski definition) is 5. The van der Waals surface area contributed by atoms with Gasteiger partial charge in [0, 0.05) is 18.1 Å². The van der Waals surface area contributed by atoms with E-state index >= 15 is 0 Å². The number of benzene rings is 3. The predicted molar refractivity (Wildman–Crippen MR) is 128 cm³/mol. The summed E-state index contributed by atoms with van der Waals surface area (Å²) in [5, 5.41) is 14.2. The maximum atomic E-state index is 12.1. The van der Waals surface area contributed by atoms with Crippen LogP contribution in [0.4, 0.5) is 5.69 Å². The summed E-state index contributed by atoms with van der Waals surface area (Å²) in [5.74, 6) is 0.624. The highest BCUT2D eigenvalue weighted by atomic mass is 16.6. The van der Waals surface area contributed by atoms with Crippen LogP contribution in [0.3, 0.4) is 0 Å². The second-order valence-corrected chi connectivity index (χ2v) is 8.89. The van der Waals surface area contributed by atoms with E-state index < -0.39 is 0 Å². The summed E-state index contributed by atoms with van der Waals surface area (Å²) in [6.07, 6.45) is 4.36. The van der Waals surface area contributed by atoms with Crippen LogP contribution in [0.1, 0.15) is 44.6 Å². The Morgan fingerprint density at radius 3 is 2.45 bits per heavy atom. The molecule has 0 saturated heterocycles. The van der Waals surface area contributed by atoms with Gasteiger partial charge in [0.1, 0.15) is 0 Å². The number of hydrogen-bond donors (Lipinski definition) is 0. The topological polar surface area (TPSA) is 78.7 Å². The molecule has 1 aliphatic rings. The van der Waals surface area contributed by atoms with Crippen molar-refractivity contribution in [1.29, 1.82) is 0 Å². The van der Waals surface area contributed by atoms with Crippen molar-refractivity contribution in [3.63, 3.8) is 0 Å². The van der Waals surface area contributed by atoms with Gasteiger partial charge in [0.2, 0.25) is 5.75 Å². The number of nitro groups is 1. The highest BCUT2D eigenvalue weighted by Crippen LogP contribution is 2.42. The molecule has 6 heteroatoms. The molecule has 0 atom stereocenters. The second kappa shape index (κ2) is 10.0. The zero-order valence-corrected chi connectivity index (χ0v) is 19.1. The van der Waals surface area contributed by atoms with E-state index in [2.05, 4.69) is 6.92 Å². The van der Waals surface area contributed by atoms with Gasteiger partial charge in [-0.1, -0.05) is 43.3 Å². The molecular weight excluding hydrogens is 418 g/mol. The van der Waals surface area contributed by atoms with E-state index in [9.17, 15) is 14.9 Å². The summed E-state index contributed by atoms with van der Waals surface area (Å²) in [6, 6.07) is 17.5. The maximum absolute atomic E-state index is 12.1. The highest BCUT2D eigenvalue weighted by Gasteiger charge is 2.27. The minimum atomic E-state index is -0.382. The molecule has 0 heterocycles. The molecule has 0 bridgehead atoms. The number of carbonyl (C=O) groups is 1. The fourth-order valence-corrected chi connectivity index (χ4v) is 4.51. The largest absolute Gasteiger partial charge is 0.483 e. The van der Waals surface area contributed by atoms with Crippen LogP contribution in [0.5, 0.6) is 5.75 Å². The molecule has 0 radical (unpaired) electrons. The Labute approximate surface area is 193 Å². The van der Waals surface area contributed by atoms with E-state index in [0.29, 0.717) is 29.2 Å². The van der Waals surface area contributed by atoms with Crippen molar-refractivity contribution in [3.8, 4) is 16.9 Å². The minimum absolute atomic E-state index is 0.0416. The molecule has 0 spiro atoms. The first-order chi connectivity index (χ1) is 15.9. The Hall–Kier alpha value is -3.41. The van der Waals surface area contributed by atoms with Crippen LogP contribution in [0.15, 0.2) is 54.6 Å². The van der Waals surface area contributed by atoms with Gasteiger partial charge in [0.05, 0.1) is 18.1 Å². The van der Waals surface area contributed by atoms with Gasteiger partial charge < -0.3 is 9.47 Å². The molecule has 1 aliphatic carbocycles. The Morgan fingerprint density at radius 2 is 1.76 bits per heavy atom. The second-order valence-electron chi connectivity index (χ2n) is 8.89. The molecular formula is C27H29NO5. The van der Waals surface area contributed by atoms with Crippen LogP contribution < -0.4 is 4.74 Å². The number of aryl methyl sites for hydroxylation is 1. The first kappa shape index (κ1) is 22.8. The van der Waals surface area contributed by atoms with Crippen LogP contribution in [0.25, 0.3) is 21.9 Å². The van der Waals surface area contributed by atoms with Crippen molar-refractivity contribution in [2.75, 3.05) is 7.11 Å². The van der Waals surface area contributed by atoms with Crippen molar-refractivity contribution < 1.29 is 19.2 Å². The Balaban J connectivity index is 1.80. The molecule has 0 unspecified atom stereocenters. The molecule has 172 valence electrons. The van der Waals surface area contributed by atoms with Gasteiger partial charge >= 0.3 is 11.7 Å². The van der Waals surface area contributed by atoms with Crippen molar-refractivity contribution in [3.05, 3.63) is 70.3 Å². The summed E-state index contributed by atoms with van der Waals surface area (Å²) in [7, 11) is 1.34. The number of nitrogens with zero attached hydrogens (tertiary/aromatic N) is 1. The van der Waals surface area contributed by atoms with Crippen LogP contribution in [-0.2, 0) is 16.0 Å². The van der Waals surface area contributed by atoms with Gasteiger partial charge in [-0.2, -0.15) is 0 Å². The molecule has 0 aliphatic heterocycles. The monoisotopic (exact) mass is 447 g/mol. The molecule has 0 N–H and O–H groups in total. The summed E-state index contributed by atoms with van der Waals surface area (Å²) in [6.45, 7) is 2.23. The first-order valence-electron chi connectivity index (χ1n) is 11.5. The number of rotatable bonds is 7. The maximum Gasteiger partial charge on any atom is 0.311 e. The van der Waals surface area contributed by atoms with Gasteiger partial charge in [-0.05, 0) is 72.1 Å². The SMILES string of the molecule is COC(=O)CCc1cc(-c2ccc3ccccc3c2)c(OC2CCC(C)CC2)c([N+](=O)[O-])c1. The fraction of sp³-hybridized carbons (Fsp3) is 0.370. The molecule has 3 aromatic rings. The van der Waals surface area contributed by atoms with Crippen LogP contribution in [0.2, 0.25) is 0 Å². The van der Waals surface area contributed by atoms with Crippen molar-refractivity contribution in [2.45, 2.75) is 51.6 Å². The summed E-state index contributed by atoms with van der Waals surface area (Å²) >= 11 is 0. The Bertz CT molecular complexity index is 1160. The van der Waals surface area contributed by atoms with Crippen LogP contribution >= 0.6 is 0 Å². The quantitative estimate of drug-likeness (QED) is 0.235. The molecule has 0 aromatic heterocycles. The number of fused-ring (bicyclic) bond motifs is 1. The lowest BCUT2D eigenvalue weighted by atomic mass is 9.88. The molecule has 1 saturated carbocycles. The van der Waals surface area contributed by atoms with E-state index in [0.717, 1.165) is 42.0 Å². The molecule has 0 amide bonds. The average Bonchev–Trinajstić information content (AvgIpc) is 2.83. The third-order valence-corrected chi connectivity index (χ3v) is 6.48. The number of methoxy groups -OCH3 is 1. The predicted octanol–water partition coefficient (Wildman–Crippen LogP) is 6.48. The van der Waals surface area contributed by atoms with Gasteiger partial charge in [-0.25, -0.2) is 0 Å². The number of ether oxygens (including phenoxy) is 2. The van der Waals surface area contributed by atoms with Crippen LogP contribution in [-0.4, -0.2) is 24.1 Å². The van der Waals surface area contributed by atoms with Gasteiger partial charge in [-0.3, -0.25) is 14.9 Å². The third-order valence-electron chi connectivity index (χ3n) is 6.48. The lowest BCUT2D eigenvalue weighted by Crippen LogP contribution is -2.23. The van der Waals surface area contributed by atoms with Gasteiger partial charge in [0.15, 0.2) is 0 Å². The Kier molecular flexibility index (Phi) is 6.92. The van der Waals surface area contributed by atoms with Crippen molar-refractivity contribution >= 4 is 22.4 Å². The van der Waals surface area contributed by atoms with E-state index in [1.807, 2.05) is 48.5 Å². The summed E-state index contributed by atoms with van der Waals surface area (Å²) < 4.78 is 11.1. The third kappa shape index (κ3) is 5.33. The normalized spacial score (nSPS) is 18.1. The summed E-state index contributed by atoms with van der Waals surface area (Å²) in [5.41, 5.74) is 2.20. The zero-order valence-electron chi connectivity index (χ0n) is 19.1. The smallest absolute Gasteiger partial charge is 0.311 e. The molecule has 1 fully saturated rings. The molecule has 4 rings (SSSR count). The average molecular weight is 448 g/mol. The zero-order chi connectivity index (χ0) is 23.4. The van der Waals surface area contributed by atoms with Gasteiger partial charge in [0.25, 0.3) is 0 Å². The van der Waals surface area contributed by atoms with E-state index in [1.165, 1.54) is 13.2 Å².